The van der Waals surface area contributed by atoms with Gasteiger partial charge in [0.25, 0.3) is 0 Å². The van der Waals surface area contributed by atoms with Gasteiger partial charge in [0, 0.05) is 11.3 Å². The van der Waals surface area contributed by atoms with E-state index in [-0.39, 0.29) is 0 Å². The second-order valence-corrected chi connectivity index (χ2v) is 13.9. The van der Waals surface area contributed by atoms with Gasteiger partial charge in [-0.2, -0.15) is 0 Å². The smallest absolute Gasteiger partial charge is 0.145 e. The fraction of sp³-hybridized carbons (Fsp3) is 0.104. The third kappa shape index (κ3) is 4.82. The van der Waals surface area contributed by atoms with Crippen molar-refractivity contribution in [3.8, 4) is 39.3 Å². The Hall–Kier alpha value is -5.99. The van der Waals surface area contributed by atoms with Gasteiger partial charge in [-0.25, -0.2) is 4.98 Å². The molecule has 240 valence electrons. The van der Waals surface area contributed by atoms with Gasteiger partial charge in [0.05, 0.1) is 16.4 Å². The van der Waals surface area contributed by atoms with Gasteiger partial charge in [0.2, 0.25) is 0 Å². The van der Waals surface area contributed by atoms with Crippen molar-refractivity contribution < 1.29 is 0 Å². The number of hydrogen-bond acceptors (Lipinski definition) is 1. The molecule has 8 aromatic rings. The molecule has 0 bridgehead atoms. The van der Waals surface area contributed by atoms with Crippen LogP contribution in [0.3, 0.4) is 0 Å². The fourth-order valence-electron chi connectivity index (χ4n) is 8.21. The molecule has 7 aromatic carbocycles. The summed E-state index contributed by atoms with van der Waals surface area (Å²) in [5.41, 5.74) is 15.4. The number of hydrogen-bond donors (Lipinski definition) is 0. The molecule has 0 fully saturated rings. The van der Waals surface area contributed by atoms with Crippen molar-refractivity contribution >= 4 is 11.0 Å². The number of nitrogens with zero attached hydrogens (tertiary/aromatic N) is 2. The van der Waals surface area contributed by atoms with Crippen LogP contribution in [0.5, 0.6) is 0 Å². The average Bonchev–Trinajstić information content (AvgIpc) is 3.70. The Morgan fingerprint density at radius 2 is 1.12 bits per heavy atom. The molecule has 2 nitrogen and oxygen atoms in total. The van der Waals surface area contributed by atoms with E-state index in [1.54, 1.807) is 0 Å². The number of aromatic nitrogens is 2. The van der Waals surface area contributed by atoms with E-state index >= 15 is 0 Å². The average molecular weight is 643 g/mol. The van der Waals surface area contributed by atoms with Crippen LogP contribution < -0.4 is 0 Å². The van der Waals surface area contributed by atoms with Crippen molar-refractivity contribution in [3.63, 3.8) is 0 Å². The molecule has 0 atom stereocenters. The van der Waals surface area contributed by atoms with Crippen molar-refractivity contribution in [1.82, 2.24) is 9.55 Å². The first-order valence-electron chi connectivity index (χ1n) is 17.6. The van der Waals surface area contributed by atoms with Crippen LogP contribution in [-0.2, 0) is 11.8 Å². The molecule has 1 aromatic heterocycles. The molecule has 2 heteroatoms. The molecule has 0 spiro atoms. The summed E-state index contributed by atoms with van der Waals surface area (Å²) in [7, 11) is 0. The third-order valence-electron chi connectivity index (χ3n) is 10.3. The van der Waals surface area contributed by atoms with E-state index in [4.69, 9.17) is 4.98 Å². The summed E-state index contributed by atoms with van der Waals surface area (Å²) in [6.07, 6.45) is 1.07. The molecule has 0 saturated carbocycles. The summed E-state index contributed by atoms with van der Waals surface area (Å²) in [6, 6.07) is 64.4. The van der Waals surface area contributed by atoms with Gasteiger partial charge < -0.3 is 0 Å². The Balaban J connectivity index is 1.22. The maximum Gasteiger partial charge on any atom is 0.145 e. The van der Waals surface area contributed by atoms with Crippen LogP contribution in [0.25, 0.3) is 50.4 Å². The molecule has 1 aliphatic carbocycles. The van der Waals surface area contributed by atoms with E-state index in [1.165, 1.54) is 44.5 Å². The van der Waals surface area contributed by atoms with E-state index < -0.39 is 5.41 Å². The Kier molecular flexibility index (Phi) is 7.32. The first kappa shape index (κ1) is 30.1. The van der Waals surface area contributed by atoms with E-state index in [9.17, 15) is 0 Å². The molecule has 0 unspecified atom stereocenters. The molecular weight excluding hydrogens is 605 g/mol. The van der Waals surface area contributed by atoms with Gasteiger partial charge in [-0.15, -0.1) is 0 Å². The van der Waals surface area contributed by atoms with Crippen LogP contribution in [-0.4, -0.2) is 9.55 Å². The van der Waals surface area contributed by atoms with Crippen molar-refractivity contribution in [2.75, 3.05) is 0 Å². The zero-order chi connectivity index (χ0) is 33.7. The SMILES string of the molecule is CC(C)Cc1ccc(C2(c3cccc(-c4cccc(-c5nc6ccccc6n5-c5ccccc5)c4)c3)c3ccccc3-c3ccccc32)cc1. The predicted molar refractivity (Wildman–Crippen MR) is 208 cm³/mol. The Morgan fingerprint density at radius 1 is 0.520 bits per heavy atom. The van der Waals surface area contributed by atoms with Crippen LogP contribution in [0.2, 0.25) is 0 Å². The van der Waals surface area contributed by atoms with Crippen LogP contribution >= 0.6 is 0 Å². The van der Waals surface area contributed by atoms with Gasteiger partial charge in [-0.05, 0) is 98.8 Å². The quantitative estimate of drug-likeness (QED) is 0.169. The molecular formula is C48H38N2. The van der Waals surface area contributed by atoms with Crippen LogP contribution in [0, 0.1) is 5.92 Å². The second-order valence-electron chi connectivity index (χ2n) is 13.9. The lowest BCUT2D eigenvalue weighted by Crippen LogP contribution is -2.28. The van der Waals surface area contributed by atoms with Crippen molar-refractivity contribution in [2.24, 2.45) is 5.92 Å². The molecule has 0 amide bonds. The highest BCUT2D eigenvalue weighted by Crippen LogP contribution is 2.56. The molecule has 0 radical (unpaired) electrons. The summed E-state index contributed by atoms with van der Waals surface area (Å²) >= 11 is 0. The summed E-state index contributed by atoms with van der Waals surface area (Å²) in [4.78, 5) is 5.16. The zero-order valence-electron chi connectivity index (χ0n) is 28.4. The van der Waals surface area contributed by atoms with E-state index in [0.29, 0.717) is 5.92 Å². The lowest BCUT2D eigenvalue weighted by molar-refractivity contribution is 0.646. The number of fused-ring (bicyclic) bond motifs is 4. The number of rotatable bonds is 7. The normalized spacial score (nSPS) is 13.0. The monoisotopic (exact) mass is 642 g/mol. The highest BCUT2D eigenvalue weighted by molar-refractivity contribution is 5.87. The molecule has 1 aliphatic rings. The molecule has 0 N–H and O–H groups in total. The Morgan fingerprint density at radius 3 is 1.84 bits per heavy atom. The first-order chi connectivity index (χ1) is 24.6. The van der Waals surface area contributed by atoms with Crippen molar-refractivity contribution in [3.05, 3.63) is 204 Å². The minimum absolute atomic E-state index is 0.446. The second kappa shape index (κ2) is 12.2. The van der Waals surface area contributed by atoms with Crippen LogP contribution in [0.15, 0.2) is 176 Å². The minimum Gasteiger partial charge on any atom is -0.292 e. The lowest BCUT2D eigenvalue weighted by Gasteiger charge is -2.34. The minimum atomic E-state index is -0.446. The summed E-state index contributed by atoms with van der Waals surface area (Å²) < 4.78 is 2.27. The maximum atomic E-state index is 5.16. The highest BCUT2D eigenvalue weighted by atomic mass is 15.1. The first-order valence-corrected chi connectivity index (χ1v) is 17.6. The maximum absolute atomic E-state index is 5.16. The number of para-hydroxylation sites is 3. The van der Waals surface area contributed by atoms with E-state index in [2.05, 4.69) is 194 Å². The molecule has 0 saturated heterocycles. The van der Waals surface area contributed by atoms with Crippen molar-refractivity contribution in [1.29, 1.82) is 0 Å². The highest BCUT2D eigenvalue weighted by Gasteiger charge is 2.46. The largest absolute Gasteiger partial charge is 0.292 e. The van der Waals surface area contributed by atoms with Gasteiger partial charge in [-0.3, -0.25) is 4.57 Å². The number of imidazole rings is 1. The molecule has 9 rings (SSSR count). The van der Waals surface area contributed by atoms with Crippen molar-refractivity contribution in [2.45, 2.75) is 25.7 Å². The van der Waals surface area contributed by atoms with Crippen LogP contribution in [0.1, 0.15) is 41.7 Å². The number of benzene rings is 7. The lowest BCUT2D eigenvalue weighted by atomic mass is 9.67. The topological polar surface area (TPSA) is 17.8 Å². The zero-order valence-corrected chi connectivity index (χ0v) is 28.4. The van der Waals surface area contributed by atoms with Gasteiger partial charge in [-0.1, -0.05) is 153 Å². The van der Waals surface area contributed by atoms with Gasteiger partial charge in [0.1, 0.15) is 5.82 Å². The molecule has 0 aliphatic heterocycles. The Labute approximate surface area is 294 Å². The molecule has 50 heavy (non-hydrogen) atoms. The summed E-state index contributed by atoms with van der Waals surface area (Å²) in [5, 5.41) is 0. The fourth-order valence-corrected chi connectivity index (χ4v) is 8.21. The predicted octanol–water partition coefficient (Wildman–Crippen LogP) is 11.9. The summed E-state index contributed by atoms with van der Waals surface area (Å²) in [6.45, 7) is 4.58. The molecule has 1 heterocycles. The van der Waals surface area contributed by atoms with E-state index in [1.807, 2.05) is 0 Å². The third-order valence-corrected chi connectivity index (χ3v) is 10.3. The van der Waals surface area contributed by atoms with Crippen LogP contribution in [0.4, 0.5) is 0 Å². The van der Waals surface area contributed by atoms with Gasteiger partial charge >= 0.3 is 0 Å². The van der Waals surface area contributed by atoms with E-state index in [0.717, 1.165) is 40.1 Å². The Bertz CT molecular complexity index is 2440. The van der Waals surface area contributed by atoms with Gasteiger partial charge in [0.15, 0.2) is 0 Å². The summed E-state index contributed by atoms with van der Waals surface area (Å²) in [5.74, 6) is 1.55. The standard InChI is InChI=1S/C48H38N2/c1-33(2)30-34-26-28-38(29-27-34)48(43-22-8-6-20-41(43)42-21-7-9-23-44(42)48)39-17-13-15-36(32-39)35-14-12-16-37(31-35)47-49-45-24-10-11-25-46(45)50(47)40-18-4-3-5-19-40/h3-29,31-33H,30H2,1-2H3.